The molecule has 0 aliphatic heterocycles. The van der Waals surface area contributed by atoms with Gasteiger partial charge in [0.2, 0.25) is 5.91 Å². The standard InChI is InChI=1S/C19H25N3O/c20-14-7-2-1-6-13-19(23)22-18-12-8-11-17(15-18)21-16-9-4-3-5-10-16/h3-5,8-12,15,21H,1-2,6-7,13-14,20H2,(H,22,23). The van der Waals surface area contributed by atoms with Crippen LogP contribution < -0.4 is 16.4 Å². The van der Waals surface area contributed by atoms with E-state index >= 15 is 0 Å². The first-order chi connectivity index (χ1) is 11.3. The fraction of sp³-hybridized carbons (Fsp3) is 0.316. The fourth-order valence-electron chi connectivity index (χ4n) is 2.37. The molecule has 2 rings (SSSR count). The summed E-state index contributed by atoms with van der Waals surface area (Å²) in [7, 11) is 0. The molecule has 1 amide bonds. The van der Waals surface area contributed by atoms with Crippen LogP contribution in [0.2, 0.25) is 0 Å². The Bertz CT molecular complexity index is 599. The maximum Gasteiger partial charge on any atom is 0.224 e. The Morgan fingerprint density at radius 3 is 2.30 bits per heavy atom. The van der Waals surface area contributed by atoms with Crippen molar-refractivity contribution in [2.75, 3.05) is 17.2 Å². The van der Waals surface area contributed by atoms with Gasteiger partial charge < -0.3 is 16.4 Å². The second-order valence-electron chi connectivity index (χ2n) is 5.57. The van der Waals surface area contributed by atoms with E-state index in [0.29, 0.717) is 6.42 Å². The van der Waals surface area contributed by atoms with E-state index < -0.39 is 0 Å². The first-order valence-electron chi connectivity index (χ1n) is 8.20. The smallest absolute Gasteiger partial charge is 0.224 e. The summed E-state index contributed by atoms with van der Waals surface area (Å²) in [5, 5.41) is 6.28. The molecule has 4 heteroatoms. The van der Waals surface area contributed by atoms with Crippen LogP contribution in [-0.4, -0.2) is 12.5 Å². The number of anilines is 3. The lowest BCUT2D eigenvalue weighted by atomic mass is 10.1. The van der Waals surface area contributed by atoms with Crippen LogP contribution in [0.1, 0.15) is 32.1 Å². The average molecular weight is 311 g/mol. The molecule has 0 bridgehead atoms. The van der Waals surface area contributed by atoms with E-state index in [-0.39, 0.29) is 5.91 Å². The van der Waals surface area contributed by atoms with Crippen molar-refractivity contribution in [1.29, 1.82) is 0 Å². The van der Waals surface area contributed by atoms with E-state index in [0.717, 1.165) is 49.3 Å². The molecule has 0 spiro atoms. The number of amides is 1. The maximum atomic E-state index is 12.0. The summed E-state index contributed by atoms with van der Waals surface area (Å²) in [6.07, 6.45) is 4.66. The van der Waals surface area contributed by atoms with Crippen molar-refractivity contribution in [3.05, 3.63) is 54.6 Å². The minimum absolute atomic E-state index is 0.0645. The number of carbonyl (C=O) groups excluding carboxylic acids is 1. The van der Waals surface area contributed by atoms with Crippen LogP contribution in [0.3, 0.4) is 0 Å². The molecule has 0 saturated carbocycles. The number of carbonyl (C=O) groups is 1. The van der Waals surface area contributed by atoms with Crippen LogP contribution in [0.5, 0.6) is 0 Å². The number of rotatable bonds is 9. The number of nitrogens with two attached hydrogens (primary N) is 1. The van der Waals surface area contributed by atoms with Gasteiger partial charge in [-0.3, -0.25) is 4.79 Å². The summed E-state index contributed by atoms with van der Waals surface area (Å²) in [4.78, 5) is 12.0. The van der Waals surface area contributed by atoms with Gasteiger partial charge in [0.15, 0.2) is 0 Å². The molecule has 23 heavy (non-hydrogen) atoms. The van der Waals surface area contributed by atoms with Crippen molar-refractivity contribution in [2.45, 2.75) is 32.1 Å². The van der Waals surface area contributed by atoms with E-state index in [2.05, 4.69) is 10.6 Å². The highest BCUT2D eigenvalue weighted by atomic mass is 16.1. The molecule has 4 N–H and O–H groups in total. The van der Waals surface area contributed by atoms with Crippen LogP contribution in [0.15, 0.2) is 54.6 Å². The lowest BCUT2D eigenvalue weighted by Crippen LogP contribution is -2.11. The first-order valence-corrected chi connectivity index (χ1v) is 8.20. The minimum Gasteiger partial charge on any atom is -0.355 e. The quantitative estimate of drug-likeness (QED) is 0.606. The molecule has 0 heterocycles. The summed E-state index contributed by atoms with van der Waals surface area (Å²) < 4.78 is 0. The van der Waals surface area contributed by atoms with Crippen molar-refractivity contribution in [1.82, 2.24) is 0 Å². The zero-order valence-corrected chi connectivity index (χ0v) is 13.4. The first kappa shape index (κ1) is 17.0. The third kappa shape index (κ3) is 6.53. The lowest BCUT2D eigenvalue weighted by molar-refractivity contribution is -0.116. The highest BCUT2D eigenvalue weighted by Gasteiger charge is 2.03. The minimum atomic E-state index is 0.0645. The Kier molecular flexibility index (Phi) is 7.14. The third-order valence-corrected chi connectivity index (χ3v) is 3.57. The summed E-state index contributed by atoms with van der Waals surface area (Å²) >= 11 is 0. The summed E-state index contributed by atoms with van der Waals surface area (Å²) in [5.41, 5.74) is 8.25. The topological polar surface area (TPSA) is 67.2 Å². The van der Waals surface area contributed by atoms with Crippen LogP contribution >= 0.6 is 0 Å². The van der Waals surface area contributed by atoms with Crippen molar-refractivity contribution in [2.24, 2.45) is 5.73 Å². The van der Waals surface area contributed by atoms with E-state index in [9.17, 15) is 4.79 Å². The monoisotopic (exact) mass is 311 g/mol. The van der Waals surface area contributed by atoms with Crippen LogP contribution in [0.4, 0.5) is 17.1 Å². The SMILES string of the molecule is NCCCCCCC(=O)Nc1cccc(Nc2ccccc2)c1. The molecule has 2 aromatic rings. The van der Waals surface area contributed by atoms with Crippen molar-refractivity contribution in [3.63, 3.8) is 0 Å². The van der Waals surface area contributed by atoms with Gasteiger partial charge in [0.25, 0.3) is 0 Å². The summed E-state index contributed by atoms with van der Waals surface area (Å²) in [6, 6.07) is 17.7. The van der Waals surface area contributed by atoms with Gasteiger partial charge in [0.1, 0.15) is 0 Å². The molecular formula is C19H25N3O. The van der Waals surface area contributed by atoms with E-state index in [4.69, 9.17) is 5.73 Å². The molecule has 0 aliphatic carbocycles. The second kappa shape index (κ2) is 9.64. The summed E-state index contributed by atoms with van der Waals surface area (Å²) in [5.74, 6) is 0.0645. The Balaban J connectivity index is 1.81. The second-order valence-corrected chi connectivity index (χ2v) is 5.57. The molecule has 0 saturated heterocycles. The fourth-order valence-corrected chi connectivity index (χ4v) is 2.37. The van der Waals surface area contributed by atoms with Gasteiger partial charge in [-0.15, -0.1) is 0 Å². The molecule has 0 radical (unpaired) electrons. The van der Waals surface area contributed by atoms with Gasteiger partial charge >= 0.3 is 0 Å². The number of hydrogen-bond donors (Lipinski definition) is 3. The van der Waals surface area contributed by atoms with Gasteiger partial charge in [0.05, 0.1) is 0 Å². The molecule has 0 unspecified atom stereocenters. The van der Waals surface area contributed by atoms with Crippen LogP contribution in [0.25, 0.3) is 0 Å². The number of unbranched alkanes of at least 4 members (excludes halogenated alkanes) is 3. The number of para-hydroxylation sites is 1. The van der Waals surface area contributed by atoms with E-state index in [1.807, 2.05) is 54.6 Å². The predicted octanol–water partition coefficient (Wildman–Crippen LogP) is 4.28. The lowest BCUT2D eigenvalue weighted by Gasteiger charge is -2.09. The molecule has 122 valence electrons. The number of nitrogens with one attached hydrogen (secondary N) is 2. The molecule has 0 fully saturated rings. The largest absolute Gasteiger partial charge is 0.355 e. The molecular weight excluding hydrogens is 286 g/mol. The van der Waals surface area contributed by atoms with Crippen LogP contribution in [-0.2, 0) is 4.79 Å². The highest BCUT2D eigenvalue weighted by Crippen LogP contribution is 2.20. The maximum absolute atomic E-state index is 12.0. The van der Waals surface area contributed by atoms with Gasteiger partial charge in [-0.2, -0.15) is 0 Å². The Morgan fingerprint density at radius 2 is 1.52 bits per heavy atom. The van der Waals surface area contributed by atoms with Crippen molar-refractivity contribution in [3.8, 4) is 0 Å². The Hall–Kier alpha value is -2.33. The number of hydrogen-bond acceptors (Lipinski definition) is 3. The summed E-state index contributed by atoms with van der Waals surface area (Å²) in [6.45, 7) is 0.730. The van der Waals surface area contributed by atoms with Crippen molar-refractivity contribution < 1.29 is 4.79 Å². The molecule has 0 aromatic heterocycles. The van der Waals surface area contributed by atoms with E-state index in [1.165, 1.54) is 0 Å². The zero-order chi connectivity index (χ0) is 16.3. The van der Waals surface area contributed by atoms with Crippen molar-refractivity contribution >= 4 is 23.0 Å². The predicted molar refractivity (Wildman–Crippen MR) is 96.9 cm³/mol. The number of benzene rings is 2. The highest BCUT2D eigenvalue weighted by molar-refractivity contribution is 5.91. The van der Waals surface area contributed by atoms with Gasteiger partial charge in [-0.1, -0.05) is 37.1 Å². The molecule has 0 aliphatic rings. The van der Waals surface area contributed by atoms with Gasteiger partial charge in [-0.25, -0.2) is 0 Å². The molecule has 4 nitrogen and oxygen atoms in total. The normalized spacial score (nSPS) is 10.3. The molecule has 2 aromatic carbocycles. The molecule has 0 atom stereocenters. The van der Waals surface area contributed by atoms with Crippen LogP contribution in [0, 0.1) is 0 Å². The third-order valence-electron chi connectivity index (χ3n) is 3.57. The Morgan fingerprint density at radius 1 is 0.826 bits per heavy atom. The van der Waals surface area contributed by atoms with E-state index in [1.54, 1.807) is 0 Å². The zero-order valence-electron chi connectivity index (χ0n) is 13.4. The average Bonchev–Trinajstić information content (AvgIpc) is 2.56. The van der Waals surface area contributed by atoms with Gasteiger partial charge in [-0.05, 0) is 49.7 Å². The Labute approximate surface area is 138 Å². The van der Waals surface area contributed by atoms with Gasteiger partial charge in [0, 0.05) is 23.5 Å².